The average Bonchev–Trinajstić information content (AvgIpc) is 3.42. The molecular weight excluding hydrogens is 682 g/mol. The summed E-state index contributed by atoms with van der Waals surface area (Å²) in [5.41, 5.74) is -9.37. The molecule has 2 unspecified atom stereocenters. The number of anilines is 2. The van der Waals surface area contributed by atoms with Gasteiger partial charge >= 0.3 is 36.2 Å². The van der Waals surface area contributed by atoms with Gasteiger partial charge in [0.1, 0.15) is 0 Å². The molecular formula is C29H20F6N2O12. The molecule has 4 amide bonds. The molecule has 2 aromatic rings. The Morgan fingerprint density at radius 3 is 1.10 bits per heavy atom. The third kappa shape index (κ3) is 5.41. The van der Waals surface area contributed by atoms with Gasteiger partial charge in [0.05, 0.1) is 62.1 Å². The number of alkyl halides is 6. The van der Waals surface area contributed by atoms with Crippen molar-refractivity contribution in [1.82, 2.24) is 0 Å². The van der Waals surface area contributed by atoms with Crippen molar-refractivity contribution >= 4 is 58.9 Å². The molecule has 2 aliphatic rings. The van der Waals surface area contributed by atoms with E-state index in [0.717, 1.165) is 28.4 Å². The fourth-order valence-corrected chi connectivity index (χ4v) is 5.73. The molecule has 14 nitrogen and oxygen atoms in total. The van der Waals surface area contributed by atoms with Gasteiger partial charge in [0, 0.05) is 0 Å². The van der Waals surface area contributed by atoms with Gasteiger partial charge in [-0.05, 0) is 36.4 Å². The summed E-state index contributed by atoms with van der Waals surface area (Å²) in [5.74, 6) is -23.2. The number of hydrogen-bond donors (Lipinski definition) is 0. The molecule has 2 aromatic carbocycles. The predicted octanol–water partition coefficient (Wildman–Crippen LogP) is 2.62. The molecule has 0 aliphatic carbocycles. The van der Waals surface area contributed by atoms with Crippen molar-refractivity contribution in [3.8, 4) is 0 Å². The molecule has 2 aliphatic heterocycles. The van der Waals surface area contributed by atoms with Gasteiger partial charge in [-0.3, -0.25) is 19.2 Å². The van der Waals surface area contributed by atoms with Crippen LogP contribution in [0.3, 0.4) is 0 Å². The van der Waals surface area contributed by atoms with Crippen LogP contribution < -0.4 is 9.80 Å². The summed E-state index contributed by atoms with van der Waals surface area (Å²) in [7, 11) is 3.38. The van der Waals surface area contributed by atoms with E-state index in [4.69, 9.17) is 0 Å². The van der Waals surface area contributed by atoms with Gasteiger partial charge in [-0.25, -0.2) is 29.0 Å². The van der Waals surface area contributed by atoms with Gasteiger partial charge in [-0.1, -0.05) is 0 Å². The minimum Gasteiger partial charge on any atom is -0.465 e. The Hall–Kier alpha value is -5.82. The van der Waals surface area contributed by atoms with E-state index in [-0.39, 0.29) is 0 Å². The number of carbonyl (C=O) groups excluding carboxylic acids is 8. The second-order valence-corrected chi connectivity index (χ2v) is 10.2. The summed E-state index contributed by atoms with van der Waals surface area (Å²) in [5, 5.41) is 0. The van der Waals surface area contributed by atoms with Crippen LogP contribution in [0.1, 0.15) is 41.4 Å². The van der Waals surface area contributed by atoms with Gasteiger partial charge in [-0.2, -0.15) is 26.3 Å². The molecule has 2 heterocycles. The molecule has 0 N–H and O–H groups in total. The zero-order valence-corrected chi connectivity index (χ0v) is 25.2. The first kappa shape index (κ1) is 36.0. The number of nitrogens with zero attached hydrogens (tertiary/aromatic N) is 2. The number of carbonyl (C=O) groups is 8. The lowest BCUT2D eigenvalue weighted by Gasteiger charge is -2.31. The maximum absolute atomic E-state index is 14.7. The normalized spacial score (nSPS) is 20.9. The van der Waals surface area contributed by atoms with Crippen molar-refractivity contribution < 1.29 is 83.6 Å². The summed E-state index contributed by atoms with van der Waals surface area (Å²) in [6.45, 7) is 0. The van der Waals surface area contributed by atoms with E-state index < -0.39 is 121 Å². The van der Waals surface area contributed by atoms with E-state index in [1.807, 2.05) is 0 Å². The second-order valence-electron chi connectivity index (χ2n) is 10.2. The summed E-state index contributed by atoms with van der Waals surface area (Å²) in [6.07, 6.45) is -12.2. The number of benzene rings is 2. The first-order valence-electron chi connectivity index (χ1n) is 13.3. The van der Waals surface area contributed by atoms with Crippen LogP contribution in [0.15, 0.2) is 36.4 Å². The van der Waals surface area contributed by atoms with Crippen molar-refractivity contribution in [2.75, 3.05) is 38.2 Å². The SMILES string of the molecule is COC(=O)c1ccc(N2C(=O)C(C(F)(F)F)C3(C2=O)C(=O)N(c2ccc(C(=O)OC)c(C(=O)OC)c2)C(=O)[C@@H]3C(F)(F)F)cc1C(=O)OC. The lowest BCUT2D eigenvalue weighted by Crippen LogP contribution is -2.55. The Balaban J connectivity index is 2.03. The van der Waals surface area contributed by atoms with E-state index >= 15 is 0 Å². The number of ether oxygens (including phenoxy) is 4. The maximum Gasteiger partial charge on any atom is 0.402 e. The van der Waals surface area contributed by atoms with E-state index in [2.05, 4.69) is 18.9 Å². The highest BCUT2D eigenvalue weighted by atomic mass is 19.4. The molecule has 260 valence electrons. The quantitative estimate of drug-likeness (QED) is 0.141. The van der Waals surface area contributed by atoms with E-state index in [1.165, 1.54) is 0 Å². The topological polar surface area (TPSA) is 180 Å². The average molecular weight is 702 g/mol. The molecule has 2 saturated heterocycles. The highest BCUT2D eigenvalue weighted by Crippen LogP contribution is 2.61. The summed E-state index contributed by atoms with van der Waals surface area (Å²) in [6, 6.07) is 3.53. The number of amides is 4. The molecule has 3 atom stereocenters. The lowest BCUT2D eigenvalue weighted by molar-refractivity contribution is -0.234. The monoisotopic (exact) mass is 702 g/mol. The molecule has 0 saturated carbocycles. The van der Waals surface area contributed by atoms with Crippen molar-refractivity contribution in [1.29, 1.82) is 0 Å². The molecule has 0 aromatic heterocycles. The molecule has 49 heavy (non-hydrogen) atoms. The first-order valence-corrected chi connectivity index (χ1v) is 13.3. The highest BCUT2D eigenvalue weighted by Gasteiger charge is 2.84. The number of hydrogen-bond acceptors (Lipinski definition) is 12. The number of rotatable bonds is 6. The second kappa shape index (κ2) is 12.3. The Kier molecular flexibility index (Phi) is 9.06. The Labute approximate surface area is 269 Å². The Morgan fingerprint density at radius 1 is 0.551 bits per heavy atom. The van der Waals surface area contributed by atoms with Gasteiger partial charge in [0.25, 0.3) is 11.8 Å². The third-order valence-corrected chi connectivity index (χ3v) is 7.76. The predicted molar refractivity (Wildman–Crippen MR) is 145 cm³/mol. The van der Waals surface area contributed by atoms with Crippen LogP contribution in [0.25, 0.3) is 0 Å². The van der Waals surface area contributed by atoms with Crippen LogP contribution in [0.4, 0.5) is 37.7 Å². The number of esters is 4. The third-order valence-electron chi connectivity index (χ3n) is 7.76. The standard InChI is InChI=1S/C29H20F6N2O12/c1-46-21(40)13-7-5-11(9-15(13)23(42)48-3)36-19(38)17(28(30,31)32)27(25(36)44)18(29(33,34)35)20(39)37(26(27)45)12-6-8-14(22(41)47-2)16(10-12)24(43)49-4/h5-10,17-18H,1-4H3/t17-,18?,27?/m0/s1. The molecule has 0 radical (unpaired) electrons. The van der Waals surface area contributed by atoms with Crippen molar-refractivity contribution in [3.05, 3.63) is 58.7 Å². The van der Waals surface area contributed by atoms with Gasteiger partial charge in [0.15, 0.2) is 17.3 Å². The fourth-order valence-electron chi connectivity index (χ4n) is 5.73. The first-order chi connectivity index (χ1) is 22.7. The largest absolute Gasteiger partial charge is 0.465 e. The minimum atomic E-state index is -6.10. The van der Waals surface area contributed by atoms with Crippen molar-refractivity contribution in [2.24, 2.45) is 17.3 Å². The van der Waals surface area contributed by atoms with Crippen LogP contribution in [0, 0.1) is 17.3 Å². The van der Waals surface area contributed by atoms with Crippen LogP contribution in [0.5, 0.6) is 0 Å². The minimum absolute atomic E-state index is 0.459. The lowest BCUT2D eigenvalue weighted by atomic mass is 9.68. The Morgan fingerprint density at radius 2 is 0.837 bits per heavy atom. The van der Waals surface area contributed by atoms with Gasteiger partial charge in [-0.15, -0.1) is 0 Å². The Bertz CT molecular complexity index is 1700. The summed E-state index contributed by atoms with van der Waals surface area (Å²) >= 11 is 0. The zero-order chi connectivity index (χ0) is 37.0. The molecule has 1 spiro atoms. The molecule has 0 bridgehead atoms. The summed E-state index contributed by atoms with van der Waals surface area (Å²) in [4.78, 5) is 103. The van der Waals surface area contributed by atoms with Crippen LogP contribution >= 0.6 is 0 Å². The van der Waals surface area contributed by atoms with Crippen molar-refractivity contribution in [2.45, 2.75) is 12.4 Å². The van der Waals surface area contributed by atoms with E-state index in [0.29, 0.717) is 36.4 Å². The number of imide groups is 2. The molecule has 4 rings (SSSR count). The fraction of sp³-hybridized carbons (Fsp3) is 0.310. The van der Waals surface area contributed by atoms with Gasteiger partial charge < -0.3 is 18.9 Å². The van der Waals surface area contributed by atoms with E-state index in [1.54, 1.807) is 0 Å². The smallest absolute Gasteiger partial charge is 0.402 e. The van der Waals surface area contributed by atoms with E-state index in [9.17, 15) is 64.7 Å². The zero-order valence-electron chi connectivity index (χ0n) is 25.2. The maximum atomic E-state index is 14.7. The molecule has 2 fully saturated rings. The summed E-state index contributed by atoms with van der Waals surface area (Å²) < 4.78 is 106. The highest BCUT2D eigenvalue weighted by molar-refractivity contribution is 6.40. The van der Waals surface area contributed by atoms with Gasteiger partial charge in [0.2, 0.25) is 11.8 Å². The number of methoxy groups -OCH3 is 4. The van der Waals surface area contributed by atoms with Crippen LogP contribution in [-0.4, -0.2) is 88.3 Å². The van der Waals surface area contributed by atoms with Crippen LogP contribution in [-0.2, 0) is 38.1 Å². The number of halogens is 6. The molecule has 20 heteroatoms. The van der Waals surface area contributed by atoms with Crippen LogP contribution in [0.2, 0.25) is 0 Å². The van der Waals surface area contributed by atoms with Crippen molar-refractivity contribution in [3.63, 3.8) is 0 Å².